The number of nitriles is 2. The van der Waals surface area contributed by atoms with Crippen molar-refractivity contribution in [2.75, 3.05) is 0 Å². The van der Waals surface area contributed by atoms with Crippen molar-refractivity contribution in [3.63, 3.8) is 0 Å². The highest BCUT2D eigenvalue weighted by Crippen LogP contribution is 2.31. The minimum absolute atomic E-state index is 0.537. The molecule has 0 radical (unpaired) electrons. The highest BCUT2D eigenvalue weighted by atomic mass is 14.3. The lowest BCUT2D eigenvalue weighted by Gasteiger charge is -2.11. The maximum atomic E-state index is 9.32. The zero-order valence-electron chi connectivity index (χ0n) is 9.77. The third kappa shape index (κ3) is 1.49. The summed E-state index contributed by atoms with van der Waals surface area (Å²) < 4.78 is 0. The van der Waals surface area contributed by atoms with Crippen LogP contribution in [0.3, 0.4) is 0 Å². The van der Waals surface area contributed by atoms with E-state index in [-0.39, 0.29) is 0 Å². The summed E-state index contributed by atoms with van der Waals surface area (Å²) in [7, 11) is 0. The number of hydrogen-bond donors (Lipinski definition) is 0. The maximum Gasteiger partial charge on any atom is 0.100 e. The fourth-order valence-corrected chi connectivity index (χ4v) is 2.14. The van der Waals surface area contributed by atoms with Gasteiger partial charge in [0, 0.05) is 21.9 Å². The van der Waals surface area contributed by atoms with Gasteiger partial charge in [-0.15, -0.1) is 0 Å². The second kappa shape index (κ2) is 4.57. The highest BCUT2D eigenvalue weighted by molar-refractivity contribution is 5.99. The van der Waals surface area contributed by atoms with Gasteiger partial charge < -0.3 is 0 Å². The molecule has 0 spiro atoms. The van der Waals surface area contributed by atoms with Gasteiger partial charge in [-0.25, -0.2) is 0 Å². The first kappa shape index (κ1) is 11.6. The van der Waals surface area contributed by atoms with Crippen molar-refractivity contribution in [1.29, 1.82) is 10.5 Å². The van der Waals surface area contributed by atoms with Gasteiger partial charge >= 0.3 is 0 Å². The van der Waals surface area contributed by atoms with Crippen molar-refractivity contribution in [3.8, 4) is 12.1 Å². The zero-order chi connectivity index (χ0) is 13.1. The third-order valence-corrected chi connectivity index (χ3v) is 2.93. The van der Waals surface area contributed by atoms with Crippen molar-refractivity contribution in [2.45, 2.75) is 0 Å². The Morgan fingerprint density at radius 2 is 1.22 bits per heavy atom. The molecule has 2 nitrogen and oxygen atoms in total. The molecule has 0 atom stereocenters. The van der Waals surface area contributed by atoms with Crippen molar-refractivity contribution >= 4 is 22.9 Å². The van der Waals surface area contributed by atoms with Gasteiger partial charge in [-0.2, -0.15) is 10.5 Å². The van der Waals surface area contributed by atoms with Crippen molar-refractivity contribution in [3.05, 3.63) is 59.7 Å². The van der Waals surface area contributed by atoms with E-state index in [1.165, 1.54) is 0 Å². The molecular formula is C16H10N2. The van der Waals surface area contributed by atoms with Crippen LogP contribution in [0, 0.1) is 22.7 Å². The van der Waals surface area contributed by atoms with E-state index in [0.717, 1.165) is 10.8 Å². The first-order valence-corrected chi connectivity index (χ1v) is 5.42. The van der Waals surface area contributed by atoms with E-state index < -0.39 is 0 Å². The van der Waals surface area contributed by atoms with Crippen LogP contribution < -0.4 is 0 Å². The molecule has 0 aromatic heterocycles. The van der Waals surface area contributed by atoms with Gasteiger partial charge in [-0.3, -0.25) is 0 Å². The van der Waals surface area contributed by atoms with E-state index >= 15 is 0 Å². The molecule has 0 unspecified atom stereocenters. The molecule has 2 heteroatoms. The van der Waals surface area contributed by atoms with Crippen LogP contribution in [-0.2, 0) is 0 Å². The summed E-state index contributed by atoms with van der Waals surface area (Å²) in [5.41, 5.74) is 2.41. The van der Waals surface area contributed by atoms with Gasteiger partial charge in [0.15, 0.2) is 0 Å². The summed E-state index contributed by atoms with van der Waals surface area (Å²) in [6, 6.07) is 11.8. The lowest BCUT2D eigenvalue weighted by atomic mass is 9.90. The van der Waals surface area contributed by atoms with Gasteiger partial charge in [0.25, 0.3) is 0 Å². The van der Waals surface area contributed by atoms with Gasteiger partial charge in [-0.05, 0) is 0 Å². The summed E-state index contributed by atoms with van der Waals surface area (Å²) in [6.45, 7) is 7.44. The van der Waals surface area contributed by atoms with Gasteiger partial charge in [-0.1, -0.05) is 49.6 Å². The predicted molar refractivity (Wildman–Crippen MR) is 73.6 cm³/mol. The van der Waals surface area contributed by atoms with E-state index in [1.54, 1.807) is 12.2 Å². The number of fused-ring (bicyclic) bond motifs is 1. The lowest BCUT2D eigenvalue weighted by molar-refractivity contribution is 1.46. The summed E-state index contributed by atoms with van der Waals surface area (Å²) >= 11 is 0. The lowest BCUT2D eigenvalue weighted by Crippen LogP contribution is -1.95. The molecule has 0 heterocycles. The van der Waals surface area contributed by atoms with Crippen LogP contribution in [0.2, 0.25) is 0 Å². The SMILES string of the molecule is C=Cc1c(C=C)c(C#N)c2ccccc2c1C#N. The summed E-state index contributed by atoms with van der Waals surface area (Å²) in [5, 5.41) is 20.2. The molecule has 0 aliphatic heterocycles. The van der Waals surface area contributed by atoms with Crippen LogP contribution >= 0.6 is 0 Å². The molecule has 2 aromatic carbocycles. The second-order valence-electron chi connectivity index (χ2n) is 3.75. The average molecular weight is 230 g/mol. The number of hydrogen-bond acceptors (Lipinski definition) is 2. The Labute approximate surface area is 106 Å². The standard InChI is InChI=1S/C16H10N2/c1-3-11-12(4-2)16(10-18)14-8-6-5-7-13(14)15(11)9-17/h3-8H,1-2H2. The van der Waals surface area contributed by atoms with Crippen LogP contribution in [0.4, 0.5) is 0 Å². The summed E-state index contributed by atoms with van der Waals surface area (Å²) in [6.07, 6.45) is 3.20. The molecule has 0 aliphatic carbocycles. The van der Waals surface area contributed by atoms with Crippen molar-refractivity contribution in [1.82, 2.24) is 0 Å². The van der Waals surface area contributed by atoms with Gasteiger partial charge in [0.1, 0.15) is 12.1 Å². The third-order valence-electron chi connectivity index (χ3n) is 2.93. The van der Waals surface area contributed by atoms with E-state index in [1.807, 2.05) is 24.3 Å². The van der Waals surface area contributed by atoms with E-state index in [0.29, 0.717) is 22.3 Å². The van der Waals surface area contributed by atoms with Gasteiger partial charge in [0.2, 0.25) is 0 Å². The normalized spacial score (nSPS) is 9.44. The summed E-state index contributed by atoms with van der Waals surface area (Å²) in [4.78, 5) is 0. The molecule has 0 N–H and O–H groups in total. The topological polar surface area (TPSA) is 47.6 Å². The molecule has 0 amide bonds. The van der Waals surface area contributed by atoms with Crippen LogP contribution in [-0.4, -0.2) is 0 Å². The Hall–Kier alpha value is -2.84. The minimum atomic E-state index is 0.537. The average Bonchev–Trinajstić information content (AvgIpc) is 2.44. The largest absolute Gasteiger partial charge is 0.192 e. The quantitative estimate of drug-likeness (QED) is 0.786. The highest BCUT2D eigenvalue weighted by Gasteiger charge is 2.15. The minimum Gasteiger partial charge on any atom is -0.192 e. The number of benzene rings is 2. The molecule has 84 valence electrons. The number of rotatable bonds is 2. The maximum absolute atomic E-state index is 9.32. The van der Waals surface area contributed by atoms with E-state index in [4.69, 9.17) is 0 Å². The van der Waals surface area contributed by atoms with Crippen LogP contribution in [0.25, 0.3) is 22.9 Å². The molecule has 0 bridgehead atoms. The molecular weight excluding hydrogens is 220 g/mol. The molecule has 18 heavy (non-hydrogen) atoms. The summed E-state index contributed by atoms with van der Waals surface area (Å²) in [5.74, 6) is 0. The number of nitrogens with zero attached hydrogens (tertiary/aromatic N) is 2. The Morgan fingerprint density at radius 3 is 1.50 bits per heavy atom. The zero-order valence-corrected chi connectivity index (χ0v) is 9.77. The second-order valence-corrected chi connectivity index (χ2v) is 3.75. The molecule has 2 rings (SSSR count). The first-order chi connectivity index (χ1) is 8.78. The van der Waals surface area contributed by atoms with Gasteiger partial charge in [0.05, 0.1) is 11.1 Å². The van der Waals surface area contributed by atoms with E-state index in [2.05, 4.69) is 25.3 Å². The molecule has 2 aromatic rings. The molecule has 0 aliphatic rings. The first-order valence-electron chi connectivity index (χ1n) is 5.42. The van der Waals surface area contributed by atoms with Crippen molar-refractivity contribution < 1.29 is 0 Å². The monoisotopic (exact) mass is 230 g/mol. The Morgan fingerprint density at radius 1 is 0.833 bits per heavy atom. The smallest absolute Gasteiger partial charge is 0.100 e. The fourth-order valence-electron chi connectivity index (χ4n) is 2.14. The Balaban J connectivity index is 3.17. The van der Waals surface area contributed by atoms with Crippen LogP contribution in [0.15, 0.2) is 37.4 Å². The van der Waals surface area contributed by atoms with Crippen molar-refractivity contribution in [2.24, 2.45) is 0 Å². The van der Waals surface area contributed by atoms with Crippen LogP contribution in [0.5, 0.6) is 0 Å². The molecule has 0 saturated carbocycles. The fraction of sp³-hybridized carbons (Fsp3) is 0. The Kier molecular flexibility index (Phi) is 2.96. The predicted octanol–water partition coefficient (Wildman–Crippen LogP) is 3.87. The van der Waals surface area contributed by atoms with Crippen LogP contribution in [0.1, 0.15) is 22.3 Å². The Bertz CT molecular complexity index is 676. The molecule has 0 saturated heterocycles. The molecule has 0 fully saturated rings. The van der Waals surface area contributed by atoms with E-state index in [9.17, 15) is 10.5 Å².